The molecule has 3 N–H and O–H groups in total. The molecular weight excluding hydrogens is 226 g/mol. The van der Waals surface area contributed by atoms with Crippen molar-refractivity contribution in [2.75, 3.05) is 13.6 Å². The minimum Gasteiger partial charge on any atom is -0.302 e. The van der Waals surface area contributed by atoms with Gasteiger partial charge in [0.25, 0.3) is 5.91 Å². The fourth-order valence-corrected chi connectivity index (χ4v) is 1.88. The van der Waals surface area contributed by atoms with Gasteiger partial charge in [-0.3, -0.25) is 10.2 Å². The van der Waals surface area contributed by atoms with Crippen molar-refractivity contribution in [3.05, 3.63) is 35.4 Å². The molecule has 0 fully saturated rings. The average Bonchev–Trinajstić information content (AvgIpc) is 2.38. The van der Waals surface area contributed by atoms with Gasteiger partial charge < -0.3 is 4.90 Å². The summed E-state index contributed by atoms with van der Waals surface area (Å²) < 4.78 is 0. The number of nitrogens with one attached hydrogen (secondary N) is 1. The van der Waals surface area contributed by atoms with Crippen molar-refractivity contribution in [3.63, 3.8) is 0 Å². The SMILES string of the molecule is CCC(C)CN(C)Cc1ccc(C(=O)NN)cc1. The normalized spacial score (nSPS) is 12.5. The first-order valence-corrected chi connectivity index (χ1v) is 6.35. The van der Waals surface area contributed by atoms with Crippen LogP contribution < -0.4 is 11.3 Å². The van der Waals surface area contributed by atoms with Crippen molar-refractivity contribution in [2.24, 2.45) is 11.8 Å². The predicted molar refractivity (Wildman–Crippen MR) is 73.9 cm³/mol. The van der Waals surface area contributed by atoms with Gasteiger partial charge in [0.1, 0.15) is 0 Å². The second kappa shape index (κ2) is 7.13. The molecule has 1 aromatic carbocycles. The van der Waals surface area contributed by atoms with Crippen LogP contribution in [0.15, 0.2) is 24.3 Å². The van der Waals surface area contributed by atoms with Crippen LogP contribution in [-0.4, -0.2) is 24.4 Å². The number of nitrogens with zero attached hydrogens (tertiary/aromatic N) is 1. The first-order chi connectivity index (χ1) is 8.56. The summed E-state index contributed by atoms with van der Waals surface area (Å²) in [6.45, 7) is 6.44. The summed E-state index contributed by atoms with van der Waals surface area (Å²) in [6, 6.07) is 7.54. The number of hydrogen-bond donors (Lipinski definition) is 2. The first kappa shape index (κ1) is 14.7. The molecule has 100 valence electrons. The topological polar surface area (TPSA) is 58.4 Å². The van der Waals surface area contributed by atoms with Gasteiger partial charge in [0, 0.05) is 18.7 Å². The van der Waals surface area contributed by atoms with Crippen LogP contribution in [0.2, 0.25) is 0 Å². The third-order valence-corrected chi connectivity index (χ3v) is 3.12. The Kier molecular flexibility index (Phi) is 5.82. The lowest BCUT2D eigenvalue weighted by atomic mass is 10.1. The van der Waals surface area contributed by atoms with E-state index in [1.807, 2.05) is 12.1 Å². The zero-order valence-corrected chi connectivity index (χ0v) is 11.4. The number of hydrogen-bond acceptors (Lipinski definition) is 3. The van der Waals surface area contributed by atoms with Crippen LogP contribution in [-0.2, 0) is 6.54 Å². The predicted octanol–water partition coefficient (Wildman–Crippen LogP) is 1.77. The third-order valence-electron chi connectivity index (χ3n) is 3.12. The molecule has 0 saturated carbocycles. The highest BCUT2D eigenvalue weighted by Crippen LogP contribution is 2.09. The van der Waals surface area contributed by atoms with E-state index in [9.17, 15) is 4.79 Å². The summed E-state index contributed by atoms with van der Waals surface area (Å²) in [6.07, 6.45) is 1.19. The molecule has 4 heteroatoms. The number of carbonyl (C=O) groups is 1. The summed E-state index contributed by atoms with van der Waals surface area (Å²) in [5, 5.41) is 0. The first-order valence-electron chi connectivity index (χ1n) is 6.35. The average molecular weight is 249 g/mol. The number of nitrogen functional groups attached to an aromatic ring is 1. The fraction of sp³-hybridized carbons (Fsp3) is 0.500. The van der Waals surface area contributed by atoms with Gasteiger partial charge in [-0.25, -0.2) is 5.84 Å². The lowest BCUT2D eigenvalue weighted by Crippen LogP contribution is -2.30. The maximum Gasteiger partial charge on any atom is 0.265 e. The van der Waals surface area contributed by atoms with Gasteiger partial charge in [0.05, 0.1) is 0 Å². The number of hydrazine groups is 1. The monoisotopic (exact) mass is 249 g/mol. The molecule has 1 unspecified atom stereocenters. The summed E-state index contributed by atoms with van der Waals surface area (Å²) >= 11 is 0. The maximum atomic E-state index is 11.3. The van der Waals surface area contributed by atoms with E-state index in [0.717, 1.165) is 13.1 Å². The molecule has 1 amide bonds. The van der Waals surface area contributed by atoms with Crippen LogP contribution in [0.4, 0.5) is 0 Å². The Hall–Kier alpha value is -1.39. The molecule has 4 nitrogen and oxygen atoms in total. The van der Waals surface area contributed by atoms with Gasteiger partial charge in [-0.2, -0.15) is 0 Å². The Bertz CT molecular complexity index is 375. The summed E-state index contributed by atoms with van der Waals surface area (Å²) in [5.41, 5.74) is 3.92. The molecule has 0 bridgehead atoms. The third kappa shape index (κ3) is 4.47. The molecule has 0 aromatic heterocycles. The van der Waals surface area contributed by atoms with Gasteiger partial charge in [-0.15, -0.1) is 0 Å². The van der Waals surface area contributed by atoms with E-state index in [0.29, 0.717) is 11.5 Å². The Morgan fingerprint density at radius 3 is 2.50 bits per heavy atom. The van der Waals surface area contributed by atoms with E-state index in [-0.39, 0.29) is 5.91 Å². The number of benzene rings is 1. The Labute approximate surface area is 109 Å². The zero-order chi connectivity index (χ0) is 13.5. The lowest BCUT2D eigenvalue weighted by molar-refractivity contribution is 0.0953. The standard InChI is InChI=1S/C14H23N3O/c1-4-11(2)9-17(3)10-12-5-7-13(8-6-12)14(18)16-15/h5-8,11H,4,9-10,15H2,1-3H3,(H,16,18). The maximum absolute atomic E-state index is 11.3. The second-order valence-electron chi connectivity index (χ2n) is 4.88. The molecule has 0 aliphatic carbocycles. The van der Waals surface area contributed by atoms with E-state index in [1.165, 1.54) is 12.0 Å². The van der Waals surface area contributed by atoms with Crippen LogP contribution in [0.5, 0.6) is 0 Å². The van der Waals surface area contributed by atoms with Gasteiger partial charge >= 0.3 is 0 Å². The van der Waals surface area contributed by atoms with Crippen LogP contribution in [0, 0.1) is 5.92 Å². The van der Waals surface area contributed by atoms with Crippen LogP contribution in [0.25, 0.3) is 0 Å². The minimum absolute atomic E-state index is 0.255. The molecule has 0 radical (unpaired) electrons. The molecule has 0 aliphatic rings. The summed E-state index contributed by atoms with van der Waals surface area (Å²) in [7, 11) is 2.12. The number of rotatable bonds is 6. The summed E-state index contributed by atoms with van der Waals surface area (Å²) in [4.78, 5) is 13.6. The van der Waals surface area contributed by atoms with Crippen LogP contribution in [0.3, 0.4) is 0 Å². The highest BCUT2D eigenvalue weighted by Gasteiger charge is 2.06. The van der Waals surface area contributed by atoms with E-state index < -0.39 is 0 Å². The molecule has 18 heavy (non-hydrogen) atoms. The van der Waals surface area contributed by atoms with Crippen molar-refractivity contribution in [3.8, 4) is 0 Å². The Morgan fingerprint density at radius 1 is 1.39 bits per heavy atom. The zero-order valence-electron chi connectivity index (χ0n) is 11.4. The molecular formula is C14H23N3O. The molecule has 0 spiro atoms. The van der Waals surface area contributed by atoms with E-state index in [1.54, 1.807) is 12.1 Å². The van der Waals surface area contributed by atoms with Crippen LogP contribution >= 0.6 is 0 Å². The second-order valence-corrected chi connectivity index (χ2v) is 4.88. The Morgan fingerprint density at radius 2 is 2.00 bits per heavy atom. The lowest BCUT2D eigenvalue weighted by Gasteiger charge is -2.20. The molecule has 0 heterocycles. The molecule has 1 aromatic rings. The smallest absolute Gasteiger partial charge is 0.265 e. The number of amides is 1. The summed E-state index contributed by atoms with van der Waals surface area (Å²) in [5.74, 6) is 5.54. The molecule has 0 aliphatic heterocycles. The molecule has 0 saturated heterocycles. The molecule has 1 atom stereocenters. The van der Waals surface area contributed by atoms with Gasteiger partial charge in [0.15, 0.2) is 0 Å². The quantitative estimate of drug-likeness (QED) is 0.459. The highest BCUT2D eigenvalue weighted by atomic mass is 16.2. The Balaban J connectivity index is 2.55. The van der Waals surface area contributed by atoms with Crippen molar-refractivity contribution >= 4 is 5.91 Å². The largest absolute Gasteiger partial charge is 0.302 e. The van der Waals surface area contributed by atoms with Crippen molar-refractivity contribution < 1.29 is 4.79 Å². The highest BCUT2D eigenvalue weighted by molar-refractivity contribution is 5.93. The van der Waals surface area contributed by atoms with Crippen LogP contribution in [0.1, 0.15) is 36.2 Å². The van der Waals surface area contributed by atoms with Gasteiger partial charge in [-0.1, -0.05) is 32.4 Å². The van der Waals surface area contributed by atoms with Gasteiger partial charge in [-0.05, 0) is 30.7 Å². The van der Waals surface area contributed by atoms with E-state index >= 15 is 0 Å². The fourth-order valence-electron chi connectivity index (χ4n) is 1.88. The number of nitrogens with two attached hydrogens (primary N) is 1. The van der Waals surface area contributed by atoms with Crippen molar-refractivity contribution in [1.82, 2.24) is 10.3 Å². The minimum atomic E-state index is -0.255. The van der Waals surface area contributed by atoms with Crippen molar-refractivity contribution in [2.45, 2.75) is 26.8 Å². The van der Waals surface area contributed by atoms with Gasteiger partial charge in [0.2, 0.25) is 0 Å². The van der Waals surface area contributed by atoms with E-state index in [4.69, 9.17) is 5.84 Å². The molecule has 1 rings (SSSR count). The van der Waals surface area contributed by atoms with E-state index in [2.05, 4.69) is 31.2 Å². The number of carbonyl (C=O) groups excluding carboxylic acids is 1. The van der Waals surface area contributed by atoms with Crippen molar-refractivity contribution in [1.29, 1.82) is 0 Å².